The summed E-state index contributed by atoms with van der Waals surface area (Å²) in [5.41, 5.74) is 4.45. The van der Waals surface area contributed by atoms with Crippen LogP contribution in [-0.2, 0) is 0 Å². The van der Waals surface area contributed by atoms with Crippen molar-refractivity contribution < 1.29 is 4.79 Å². The van der Waals surface area contributed by atoms with E-state index in [9.17, 15) is 4.79 Å². The number of hydrogen-bond donors (Lipinski definition) is 1. The lowest BCUT2D eigenvalue weighted by Gasteiger charge is -2.26. The minimum absolute atomic E-state index is 0.0321. The van der Waals surface area contributed by atoms with Gasteiger partial charge in [0.1, 0.15) is 0 Å². The third kappa shape index (κ3) is 3.61. The standard InChI is InChI=1S/C18H29N3O/c1-6-20(7-2)16-8-9-21(12-16)18(22)19-17-14(4)10-13(3)11-15(17)5/h10-11,16H,6-9,12H2,1-5H3,(H,19,22)/t16-/m0/s1. The number of urea groups is 1. The SMILES string of the molecule is CCN(CC)[C@H]1CCN(C(=O)Nc2c(C)cc(C)cc2C)C1. The number of hydrogen-bond acceptors (Lipinski definition) is 2. The average molecular weight is 303 g/mol. The lowest BCUT2D eigenvalue weighted by Crippen LogP contribution is -2.40. The molecular weight excluding hydrogens is 274 g/mol. The highest BCUT2D eigenvalue weighted by Gasteiger charge is 2.29. The van der Waals surface area contributed by atoms with E-state index in [4.69, 9.17) is 0 Å². The Morgan fingerprint density at radius 2 is 1.82 bits per heavy atom. The maximum Gasteiger partial charge on any atom is 0.321 e. The maximum atomic E-state index is 12.5. The molecule has 0 spiro atoms. The first-order valence-electron chi connectivity index (χ1n) is 8.34. The lowest BCUT2D eigenvalue weighted by molar-refractivity contribution is 0.202. The smallest absolute Gasteiger partial charge is 0.321 e. The second-order valence-corrected chi connectivity index (χ2v) is 6.31. The summed E-state index contributed by atoms with van der Waals surface area (Å²) >= 11 is 0. The van der Waals surface area contributed by atoms with Crippen LogP contribution < -0.4 is 5.32 Å². The van der Waals surface area contributed by atoms with E-state index >= 15 is 0 Å². The zero-order chi connectivity index (χ0) is 16.3. The van der Waals surface area contributed by atoms with Gasteiger partial charge in [-0.1, -0.05) is 31.5 Å². The van der Waals surface area contributed by atoms with Crippen LogP contribution in [0, 0.1) is 20.8 Å². The van der Waals surface area contributed by atoms with Gasteiger partial charge < -0.3 is 10.2 Å². The zero-order valence-electron chi connectivity index (χ0n) is 14.6. The van der Waals surface area contributed by atoms with E-state index in [0.29, 0.717) is 6.04 Å². The second-order valence-electron chi connectivity index (χ2n) is 6.31. The van der Waals surface area contributed by atoms with Crippen LogP contribution in [0.2, 0.25) is 0 Å². The molecule has 22 heavy (non-hydrogen) atoms. The van der Waals surface area contributed by atoms with Gasteiger partial charge in [0.2, 0.25) is 0 Å². The number of carbonyl (C=O) groups is 1. The molecule has 122 valence electrons. The lowest BCUT2D eigenvalue weighted by atomic mass is 10.1. The van der Waals surface area contributed by atoms with Crippen LogP contribution in [0.5, 0.6) is 0 Å². The number of rotatable bonds is 4. The molecule has 4 heteroatoms. The van der Waals surface area contributed by atoms with Gasteiger partial charge in [0.25, 0.3) is 0 Å². The van der Waals surface area contributed by atoms with E-state index in [1.807, 2.05) is 4.90 Å². The molecule has 0 unspecified atom stereocenters. The Balaban J connectivity index is 2.02. The predicted molar refractivity (Wildman–Crippen MR) is 92.6 cm³/mol. The topological polar surface area (TPSA) is 35.6 Å². The quantitative estimate of drug-likeness (QED) is 0.923. The van der Waals surface area contributed by atoms with Gasteiger partial charge in [-0.2, -0.15) is 0 Å². The number of benzene rings is 1. The number of nitrogens with one attached hydrogen (secondary N) is 1. The Morgan fingerprint density at radius 1 is 1.23 bits per heavy atom. The molecule has 1 heterocycles. The normalized spacial score (nSPS) is 18.1. The molecule has 1 N–H and O–H groups in total. The summed E-state index contributed by atoms with van der Waals surface area (Å²) in [4.78, 5) is 16.9. The number of nitrogens with zero attached hydrogens (tertiary/aromatic N) is 2. The van der Waals surface area contributed by atoms with Crippen LogP contribution in [0.3, 0.4) is 0 Å². The van der Waals surface area contributed by atoms with Crippen LogP contribution >= 0.6 is 0 Å². The summed E-state index contributed by atoms with van der Waals surface area (Å²) < 4.78 is 0. The highest BCUT2D eigenvalue weighted by Crippen LogP contribution is 2.23. The van der Waals surface area contributed by atoms with Crippen LogP contribution in [0.4, 0.5) is 10.5 Å². The minimum atomic E-state index is 0.0321. The summed E-state index contributed by atoms with van der Waals surface area (Å²) in [6, 6.07) is 4.77. The van der Waals surface area contributed by atoms with Crippen molar-refractivity contribution in [1.29, 1.82) is 0 Å². The molecule has 1 atom stereocenters. The number of aryl methyl sites for hydroxylation is 3. The summed E-state index contributed by atoms with van der Waals surface area (Å²) in [6.45, 7) is 14.3. The third-order valence-electron chi connectivity index (χ3n) is 4.69. The molecule has 1 aliphatic rings. The molecule has 0 saturated carbocycles. The number of likely N-dealkylation sites (N-methyl/N-ethyl adjacent to an activating group) is 1. The Kier molecular flexibility index (Phi) is 5.46. The van der Waals surface area contributed by atoms with Crippen molar-refractivity contribution in [2.24, 2.45) is 0 Å². The van der Waals surface area contributed by atoms with Crippen molar-refractivity contribution >= 4 is 11.7 Å². The number of anilines is 1. The molecule has 1 fully saturated rings. The van der Waals surface area contributed by atoms with Crippen molar-refractivity contribution in [2.75, 3.05) is 31.5 Å². The fourth-order valence-electron chi connectivity index (χ4n) is 3.53. The molecule has 0 aliphatic carbocycles. The van der Waals surface area contributed by atoms with E-state index in [1.54, 1.807) is 0 Å². The van der Waals surface area contributed by atoms with Gasteiger partial charge in [0, 0.05) is 24.8 Å². The second kappa shape index (κ2) is 7.14. The largest absolute Gasteiger partial charge is 0.323 e. The molecule has 1 aromatic rings. The van der Waals surface area contributed by atoms with Crippen molar-refractivity contribution in [3.05, 3.63) is 28.8 Å². The molecule has 1 saturated heterocycles. The van der Waals surface area contributed by atoms with E-state index in [0.717, 1.165) is 49.4 Å². The fourth-order valence-corrected chi connectivity index (χ4v) is 3.53. The summed E-state index contributed by atoms with van der Waals surface area (Å²) in [7, 11) is 0. The van der Waals surface area contributed by atoms with Crippen LogP contribution in [0.25, 0.3) is 0 Å². The van der Waals surface area contributed by atoms with Gasteiger partial charge in [-0.3, -0.25) is 4.90 Å². The predicted octanol–water partition coefficient (Wildman–Crippen LogP) is 3.56. The highest BCUT2D eigenvalue weighted by molar-refractivity contribution is 5.91. The molecule has 1 aliphatic heterocycles. The Bertz CT molecular complexity index is 514. The molecule has 2 rings (SSSR count). The van der Waals surface area contributed by atoms with Gasteiger partial charge in [-0.05, 0) is 51.4 Å². The Hall–Kier alpha value is -1.55. The molecule has 0 aromatic heterocycles. The zero-order valence-corrected chi connectivity index (χ0v) is 14.6. The van der Waals surface area contributed by atoms with Crippen molar-refractivity contribution in [1.82, 2.24) is 9.80 Å². The monoisotopic (exact) mass is 303 g/mol. The van der Waals surface area contributed by atoms with Crippen molar-refractivity contribution in [3.8, 4) is 0 Å². The minimum Gasteiger partial charge on any atom is -0.323 e. The molecule has 0 bridgehead atoms. The van der Waals surface area contributed by atoms with Crippen LogP contribution in [-0.4, -0.2) is 48.1 Å². The first-order chi connectivity index (χ1) is 10.5. The van der Waals surface area contributed by atoms with E-state index in [-0.39, 0.29) is 6.03 Å². The fraction of sp³-hybridized carbons (Fsp3) is 0.611. The van der Waals surface area contributed by atoms with Crippen molar-refractivity contribution in [3.63, 3.8) is 0 Å². The number of amides is 2. The van der Waals surface area contributed by atoms with Gasteiger partial charge in [0.05, 0.1) is 0 Å². The third-order valence-corrected chi connectivity index (χ3v) is 4.69. The van der Waals surface area contributed by atoms with E-state index < -0.39 is 0 Å². The number of likely N-dealkylation sites (tertiary alicyclic amines) is 1. The van der Waals surface area contributed by atoms with Gasteiger partial charge >= 0.3 is 6.03 Å². The van der Waals surface area contributed by atoms with E-state index in [2.05, 4.69) is 57.0 Å². The van der Waals surface area contributed by atoms with Gasteiger partial charge in [-0.25, -0.2) is 4.79 Å². The number of carbonyl (C=O) groups excluding carboxylic acids is 1. The van der Waals surface area contributed by atoms with Gasteiger partial charge in [0.15, 0.2) is 0 Å². The van der Waals surface area contributed by atoms with Crippen molar-refractivity contribution in [2.45, 2.75) is 47.1 Å². The molecular formula is C18H29N3O. The average Bonchev–Trinajstić information content (AvgIpc) is 2.94. The maximum absolute atomic E-state index is 12.5. The summed E-state index contributed by atoms with van der Waals surface area (Å²) in [5.74, 6) is 0. The van der Waals surface area contributed by atoms with Gasteiger partial charge in [-0.15, -0.1) is 0 Å². The first kappa shape index (κ1) is 16.8. The van der Waals surface area contributed by atoms with Crippen LogP contribution in [0.1, 0.15) is 37.0 Å². The first-order valence-corrected chi connectivity index (χ1v) is 8.34. The van der Waals surface area contributed by atoms with E-state index in [1.165, 1.54) is 5.56 Å². The Labute approximate surface area is 134 Å². The molecule has 4 nitrogen and oxygen atoms in total. The highest BCUT2D eigenvalue weighted by atomic mass is 16.2. The Morgan fingerprint density at radius 3 is 2.36 bits per heavy atom. The molecule has 2 amide bonds. The summed E-state index contributed by atoms with van der Waals surface area (Å²) in [6.07, 6.45) is 1.07. The summed E-state index contributed by atoms with van der Waals surface area (Å²) in [5, 5.41) is 3.11. The van der Waals surface area contributed by atoms with Crippen LogP contribution in [0.15, 0.2) is 12.1 Å². The molecule has 0 radical (unpaired) electrons. The molecule has 1 aromatic carbocycles.